The largest absolute Gasteiger partial charge is 0.475 e. The lowest BCUT2D eigenvalue weighted by molar-refractivity contribution is 0.0520. The van der Waals surface area contributed by atoms with Crippen molar-refractivity contribution in [2.24, 2.45) is 0 Å². The summed E-state index contributed by atoms with van der Waals surface area (Å²) in [7, 11) is 0. The third-order valence-corrected chi connectivity index (χ3v) is 2.77. The van der Waals surface area contributed by atoms with Crippen LogP contribution < -0.4 is 10.1 Å². The van der Waals surface area contributed by atoms with Crippen LogP contribution in [0.5, 0.6) is 5.88 Å². The van der Waals surface area contributed by atoms with Crippen molar-refractivity contribution < 1.29 is 19.1 Å². The first-order valence-electron chi connectivity index (χ1n) is 6.92. The molecule has 0 saturated carbocycles. The molecule has 116 valence electrons. The molecule has 0 aliphatic rings. The molecule has 22 heavy (non-hydrogen) atoms. The van der Waals surface area contributed by atoms with Crippen LogP contribution in [0.1, 0.15) is 34.7 Å². The normalized spacial score (nSPS) is 10.1. The predicted molar refractivity (Wildman–Crippen MR) is 80.1 cm³/mol. The third kappa shape index (κ3) is 3.43. The summed E-state index contributed by atoms with van der Waals surface area (Å²) in [6, 6.07) is 8.64. The fourth-order valence-corrected chi connectivity index (χ4v) is 1.81. The summed E-state index contributed by atoms with van der Waals surface area (Å²) in [5.74, 6) is -0.826. The number of benzene rings is 1. The van der Waals surface area contributed by atoms with Crippen molar-refractivity contribution in [3.8, 4) is 5.88 Å². The molecule has 1 aromatic heterocycles. The van der Waals surface area contributed by atoms with Crippen LogP contribution in [0.25, 0.3) is 0 Å². The number of nitrogens with zero attached hydrogens (tertiary/aromatic N) is 1. The van der Waals surface area contributed by atoms with Gasteiger partial charge in [0.2, 0.25) is 0 Å². The zero-order chi connectivity index (χ0) is 15.9. The molecule has 0 aliphatic heterocycles. The number of amides is 1. The Kier molecular flexibility index (Phi) is 5.13. The number of hydrogen-bond acceptors (Lipinski definition) is 5. The zero-order valence-corrected chi connectivity index (χ0v) is 12.4. The molecule has 2 N–H and O–H groups in total. The van der Waals surface area contributed by atoms with E-state index in [1.54, 1.807) is 38.1 Å². The number of hydrogen-bond donors (Lipinski definition) is 2. The number of esters is 1. The fraction of sp³-hybridized carbons (Fsp3) is 0.267. The summed E-state index contributed by atoms with van der Waals surface area (Å²) in [5.41, 5.74) is 0.685. The van der Waals surface area contributed by atoms with Gasteiger partial charge in [0.15, 0.2) is 5.69 Å². The highest BCUT2D eigenvalue weighted by Gasteiger charge is 2.23. The standard InChI is InChI=1S/C15H17N3O4/c1-3-21-14-11(12(17-18-14)15(20)22-4-2)16-13(19)10-8-6-5-7-9-10/h5-9H,3-4H2,1-2H3,(H,16,19)(H,17,18). The molecule has 0 fully saturated rings. The van der Waals surface area contributed by atoms with Crippen LogP contribution in [-0.2, 0) is 4.74 Å². The first kappa shape index (κ1) is 15.6. The number of nitrogens with one attached hydrogen (secondary N) is 2. The van der Waals surface area contributed by atoms with Crippen molar-refractivity contribution in [2.45, 2.75) is 13.8 Å². The van der Waals surface area contributed by atoms with Crippen LogP contribution in [0.4, 0.5) is 5.69 Å². The van der Waals surface area contributed by atoms with E-state index in [1.807, 2.05) is 6.07 Å². The number of carbonyl (C=O) groups is 2. The molecule has 1 aromatic carbocycles. The molecule has 2 rings (SSSR count). The summed E-state index contributed by atoms with van der Waals surface area (Å²) in [4.78, 5) is 24.1. The average Bonchev–Trinajstić information content (AvgIpc) is 2.92. The van der Waals surface area contributed by atoms with Gasteiger partial charge in [-0.25, -0.2) is 4.79 Å². The van der Waals surface area contributed by atoms with E-state index in [0.29, 0.717) is 12.2 Å². The van der Waals surface area contributed by atoms with Crippen LogP contribution >= 0.6 is 0 Å². The summed E-state index contributed by atoms with van der Waals surface area (Å²) < 4.78 is 10.2. The van der Waals surface area contributed by atoms with E-state index in [-0.39, 0.29) is 29.8 Å². The van der Waals surface area contributed by atoms with Gasteiger partial charge in [-0.1, -0.05) is 18.2 Å². The molecule has 1 amide bonds. The first-order valence-corrected chi connectivity index (χ1v) is 6.92. The summed E-state index contributed by atoms with van der Waals surface area (Å²) in [5, 5.41) is 9.07. The summed E-state index contributed by atoms with van der Waals surface area (Å²) in [6.45, 7) is 4.04. The Bertz CT molecular complexity index is 652. The van der Waals surface area contributed by atoms with Crippen molar-refractivity contribution in [3.05, 3.63) is 41.6 Å². The highest BCUT2D eigenvalue weighted by atomic mass is 16.5. The van der Waals surface area contributed by atoms with Crippen molar-refractivity contribution in [1.29, 1.82) is 0 Å². The second-order valence-electron chi connectivity index (χ2n) is 4.25. The lowest BCUT2D eigenvalue weighted by Gasteiger charge is -2.08. The number of aromatic nitrogens is 2. The summed E-state index contributed by atoms with van der Waals surface area (Å²) in [6.07, 6.45) is 0. The molecule has 1 heterocycles. The van der Waals surface area contributed by atoms with E-state index in [0.717, 1.165) is 0 Å². The van der Waals surface area contributed by atoms with Crippen molar-refractivity contribution >= 4 is 17.6 Å². The number of ether oxygens (including phenoxy) is 2. The summed E-state index contributed by atoms with van der Waals surface area (Å²) >= 11 is 0. The van der Waals surface area contributed by atoms with Gasteiger partial charge in [0.1, 0.15) is 5.69 Å². The molecule has 0 radical (unpaired) electrons. The number of aromatic amines is 1. The maximum atomic E-state index is 12.2. The van der Waals surface area contributed by atoms with E-state index >= 15 is 0 Å². The monoisotopic (exact) mass is 303 g/mol. The van der Waals surface area contributed by atoms with Crippen LogP contribution in [0, 0.1) is 0 Å². The first-order chi connectivity index (χ1) is 10.7. The topological polar surface area (TPSA) is 93.3 Å². The van der Waals surface area contributed by atoms with E-state index in [1.165, 1.54) is 0 Å². The van der Waals surface area contributed by atoms with E-state index in [9.17, 15) is 9.59 Å². The molecule has 0 saturated heterocycles. The molecule has 7 nitrogen and oxygen atoms in total. The van der Waals surface area contributed by atoms with E-state index < -0.39 is 5.97 Å². The highest BCUT2D eigenvalue weighted by molar-refractivity contribution is 6.08. The van der Waals surface area contributed by atoms with Gasteiger partial charge in [0.05, 0.1) is 13.2 Å². The SMILES string of the molecule is CCOC(=O)c1[nH]nc(OCC)c1NC(=O)c1ccccc1. The molecule has 0 aliphatic carbocycles. The molecular formula is C15H17N3O4. The van der Waals surface area contributed by atoms with Gasteiger partial charge < -0.3 is 14.8 Å². The Hall–Kier alpha value is -2.83. The second kappa shape index (κ2) is 7.26. The average molecular weight is 303 g/mol. The van der Waals surface area contributed by atoms with Crippen LogP contribution in [0.2, 0.25) is 0 Å². The Balaban J connectivity index is 2.29. The zero-order valence-electron chi connectivity index (χ0n) is 12.4. The highest BCUT2D eigenvalue weighted by Crippen LogP contribution is 2.27. The molecule has 0 spiro atoms. The number of anilines is 1. The van der Waals surface area contributed by atoms with Gasteiger partial charge >= 0.3 is 5.97 Å². The van der Waals surface area contributed by atoms with Gasteiger partial charge in [-0.05, 0) is 26.0 Å². The van der Waals surface area contributed by atoms with Crippen molar-refractivity contribution in [3.63, 3.8) is 0 Å². The van der Waals surface area contributed by atoms with Gasteiger partial charge in [-0.15, -0.1) is 5.10 Å². The molecule has 2 aromatic rings. The lowest BCUT2D eigenvalue weighted by Crippen LogP contribution is -2.16. The van der Waals surface area contributed by atoms with Crippen LogP contribution in [0.3, 0.4) is 0 Å². The van der Waals surface area contributed by atoms with Gasteiger partial charge in [-0.3, -0.25) is 9.89 Å². The second-order valence-corrected chi connectivity index (χ2v) is 4.25. The predicted octanol–water partition coefficient (Wildman–Crippen LogP) is 2.24. The minimum absolute atomic E-state index is 0.0505. The number of carbonyl (C=O) groups excluding carboxylic acids is 2. The van der Waals surface area contributed by atoms with Crippen molar-refractivity contribution in [1.82, 2.24) is 10.2 Å². The molecule has 0 atom stereocenters. The molecule has 0 unspecified atom stereocenters. The number of H-pyrrole nitrogens is 1. The Morgan fingerprint density at radius 3 is 2.55 bits per heavy atom. The van der Waals surface area contributed by atoms with Gasteiger partial charge in [-0.2, -0.15) is 0 Å². The Morgan fingerprint density at radius 2 is 1.91 bits per heavy atom. The Labute approximate surface area is 127 Å². The fourth-order valence-electron chi connectivity index (χ4n) is 1.81. The Morgan fingerprint density at radius 1 is 1.18 bits per heavy atom. The third-order valence-electron chi connectivity index (χ3n) is 2.77. The van der Waals surface area contributed by atoms with E-state index in [2.05, 4.69) is 15.5 Å². The minimum atomic E-state index is -0.607. The van der Waals surface area contributed by atoms with Crippen LogP contribution in [-0.4, -0.2) is 35.3 Å². The van der Waals surface area contributed by atoms with E-state index in [4.69, 9.17) is 9.47 Å². The lowest BCUT2D eigenvalue weighted by atomic mass is 10.2. The molecule has 0 bridgehead atoms. The van der Waals surface area contributed by atoms with Gasteiger partial charge in [0.25, 0.3) is 11.8 Å². The smallest absolute Gasteiger partial charge is 0.358 e. The maximum Gasteiger partial charge on any atom is 0.358 e. The van der Waals surface area contributed by atoms with Gasteiger partial charge in [0, 0.05) is 5.56 Å². The van der Waals surface area contributed by atoms with Crippen molar-refractivity contribution in [2.75, 3.05) is 18.5 Å². The molecule has 7 heteroatoms. The minimum Gasteiger partial charge on any atom is -0.475 e. The van der Waals surface area contributed by atoms with Crippen LogP contribution in [0.15, 0.2) is 30.3 Å². The quantitative estimate of drug-likeness (QED) is 0.798. The molecular weight excluding hydrogens is 286 g/mol. The number of rotatable bonds is 6. The maximum absolute atomic E-state index is 12.2.